The molecule has 0 spiro atoms. The van der Waals surface area contributed by atoms with Gasteiger partial charge in [0.25, 0.3) is 0 Å². The Morgan fingerprint density at radius 1 is 1.06 bits per heavy atom. The summed E-state index contributed by atoms with van der Waals surface area (Å²) in [6.07, 6.45) is 5.58. The van der Waals surface area contributed by atoms with Crippen LogP contribution in [0.15, 0.2) is 48.9 Å². The predicted octanol–water partition coefficient (Wildman–Crippen LogP) is 2.73. The Labute approximate surface area is 93.4 Å². The molecule has 3 heteroatoms. The van der Waals surface area contributed by atoms with Crippen molar-refractivity contribution in [3.63, 3.8) is 0 Å². The predicted molar refractivity (Wildman–Crippen MR) is 63.6 cm³/mol. The van der Waals surface area contributed by atoms with E-state index in [4.69, 9.17) is 0 Å². The first-order chi connectivity index (χ1) is 7.83. The average Bonchev–Trinajstić information content (AvgIpc) is 2.73. The number of fused-ring (bicyclic) bond motifs is 1. The van der Waals surface area contributed by atoms with E-state index in [2.05, 4.69) is 29.1 Å². The zero-order valence-electron chi connectivity index (χ0n) is 8.96. The molecule has 3 rings (SSSR count). The molecule has 78 valence electrons. The fraction of sp³-hybridized carbons (Fsp3) is 0.0769. The average molecular weight is 209 g/mol. The van der Waals surface area contributed by atoms with Gasteiger partial charge in [0, 0.05) is 24.0 Å². The summed E-state index contributed by atoms with van der Waals surface area (Å²) in [6, 6.07) is 10.1. The van der Waals surface area contributed by atoms with Gasteiger partial charge in [0.2, 0.25) is 0 Å². The molecule has 2 heterocycles. The van der Waals surface area contributed by atoms with Gasteiger partial charge in [-0.1, -0.05) is 11.6 Å². The number of pyridine rings is 1. The van der Waals surface area contributed by atoms with Crippen LogP contribution in [-0.2, 0) is 0 Å². The molecule has 0 bridgehead atoms. The lowest BCUT2D eigenvalue weighted by Gasteiger charge is -1.97. The summed E-state index contributed by atoms with van der Waals surface area (Å²) in [5.41, 5.74) is 3.30. The van der Waals surface area contributed by atoms with E-state index in [1.54, 1.807) is 12.4 Å². The summed E-state index contributed by atoms with van der Waals surface area (Å²) in [4.78, 5) is 4.00. The van der Waals surface area contributed by atoms with Crippen molar-refractivity contribution in [2.75, 3.05) is 0 Å². The molecule has 3 aromatic rings. The fourth-order valence-electron chi connectivity index (χ4n) is 1.77. The zero-order valence-corrected chi connectivity index (χ0v) is 8.96. The van der Waals surface area contributed by atoms with Gasteiger partial charge in [-0.05, 0) is 31.2 Å². The summed E-state index contributed by atoms with van der Waals surface area (Å²) < 4.78 is 1.88. The van der Waals surface area contributed by atoms with E-state index < -0.39 is 0 Å². The van der Waals surface area contributed by atoms with Gasteiger partial charge in [0.15, 0.2) is 0 Å². The Kier molecular flexibility index (Phi) is 1.96. The summed E-state index contributed by atoms with van der Waals surface area (Å²) in [7, 11) is 0. The lowest BCUT2D eigenvalue weighted by Crippen LogP contribution is -1.93. The maximum absolute atomic E-state index is 4.51. The zero-order chi connectivity index (χ0) is 11.0. The van der Waals surface area contributed by atoms with Crippen molar-refractivity contribution in [2.45, 2.75) is 6.92 Å². The maximum Gasteiger partial charge on any atom is 0.0927 e. The Balaban J connectivity index is 2.19. The minimum Gasteiger partial charge on any atom is -0.265 e. The van der Waals surface area contributed by atoms with Crippen LogP contribution < -0.4 is 0 Å². The van der Waals surface area contributed by atoms with E-state index in [1.165, 1.54) is 5.56 Å². The summed E-state index contributed by atoms with van der Waals surface area (Å²) in [6.45, 7) is 2.09. The Hall–Kier alpha value is -2.16. The number of rotatable bonds is 1. The molecule has 0 amide bonds. The first kappa shape index (κ1) is 9.09. The Morgan fingerprint density at radius 3 is 2.69 bits per heavy atom. The molecular weight excluding hydrogens is 198 g/mol. The quantitative estimate of drug-likeness (QED) is 0.617. The normalized spacial score (nSPS) is 10.8. The molecule has 0 saturated carbocycles. The van der Waals surface area contributed by atoms with E-state index >= 15 is 0 Å². The standard InChI is InChI=1S/C13H11N3/c1-10-2-3-13-11(8-10)9-16(15-13)12-4-6-14-7-5-12/h2-9H,1H3. The molecule has 0 aliphatic rings. The van der Waals surface area contributed by atoms with Crippen LogP contribution in [0.4, 0.5) is 0 Å². The van der Waals surface area contributed by atoms with Crippen LogP contribution >= 0.6 is 0 Å². The molecule has 16 heavy (non-hydrogen) atoms. The summed E-state index contributed by atoms with van der Waals surface area (Å²) in [5.74, 6) is 0. The highest BCUT2D eigenvalue weighted by Crippen LogP contribution is 2.16. The van der Waals surface area contributed by atoms with Gasteiger partial charge in [0.1, 0.15) is 0 Å². The molecule has 0 aliphatic carbocycles. The minimum atomic E-state index is 1.02. The van der Waals surface area contributed by atoms with E-state index in [-0.39, 0.29) is 0 Å². The van der Waals surface area contributed by atoms with Gasteiger partial charge < -0.3 is 0 Å². The number of aryl methyl sites for hydroxylation is 1. The van der Waals surface area contributed by atoms with Crippen molar-refractivity contribution >= 4 is 10.9 Å². The number of hydrogen-bond acceptors (Lipinski definition) is 2. The second-order valence-corrected chi connectivity index (χ2v) is 3.84. The van der Waals surface area contributed by atoms with Crippen molar-refractivity contribution in [1.29, 1.82) is 0 Å². The lowest BCUT2D eigenvalue weighted by atomic mass is 10.2. The molecule has 1 aromatic carbocycles. The minimum absolute atomic E-state index is 1.02. The van der Waals surface area contributed by atoms with Crippen LogP contribution in [-0.4, -0.2) is 14.8 Å². The third-order valence-electron chi connectivity index (χ3n) is 2.59. The van der Waals surface area contributed by atoms with Crippen LogP contribution in [0.5, 0.6) is 0 Å². The van der Waals surface area contributed by atoms with Gasteiger partial charge in [-0.2, -0.15) is 5.10 Å². The topological polar surface area (TPSA) is 30.7 Å². The fourth-order valence-corrected chi connectivity index (χ4v) is 1.77. The van der Waals surface area contributed by atoms with E-state index in [0.717, 1.165) is 16.6 Å². The molecule has 0 aliphatic heterocycles. The molecule has 3 nitrogen and oxygen atoms in total. The van der Waals surface area contributed by atoms with E-state index in [0.29, 0.717) is 0 Å². The first-order valence-electron chi connectivity index (χ1n) is 5.19. The molecule has 0 unspecified atom stereocenters. The molecular formula is C13H11N3. The Bertz CT molecular complexity index is 626. The molecule has 0 atom stereocenters. The van der Waals surface area contributed by atoms with Gasteiger partial charge in [-0.3, -0.25) is 4.98 Å². The molecule has 0 N–H and O–H groups in total. The largest absolute Gasteiger partial charge is 0.265 e. The van der Waals surface area contributed by atoms with Crippen LogP contribution in [0.2, 0.25) is 0 Å². The maximum atomic E-state index is 4.51. The highest BCUT2D eigenvalue weighted by atomic mass is 15.3. The highest BCUT2D eigenvalue weighted by molar-refractivity contribution is 5.79. The van der Waals surface area contributed by atoms with Crippen molar-refractivity contribution < 1.29 is 0 Å². The van der Waals surface area contributed by atoms with Crippen LogP contribution in [0.25, 0.3) is 16.6 Å². The highest BCUT2D eigenvalue weighted by Gasteiger charge is 2.01. The summed E-state index contributed by atoms with van der Waals surface area (Å²) in [5, 5.41) is 5.68. The van der Waals surface area contributed by atoms with Crippen molar-refractivity contribution in [1.82, 2.24) is 14.8 Å². The van der Waals surface area contributed by atoms with Crippen molar-refractivity contribution in [2.24, 2.45) is 0 Å². The van der Waals surface area contributed by atoms with Crippen LogP contribution in [0.3, 0.4) is 0 Å². The van der Waals surface area contributed by atoms with Gasteiger partial charge >= 0.3 is 0 Å². The van der Waals surface area contributed by atoms with Gasteiger partial charge in [-0.15, -0.1) is 0 Å². The monoisotopic (exact) mass is 209 g/mol. The van der Waals surface area contributed by atoms with Crippen molar-refractivity contribution in [3.05, 3.63) is 54.5 Å². The van der Waals surface area contributed by atoms with Crippen molar-refractivity contribution in [3.8, 4) is 5.69 Å². The third kappa shape index (κ3) is 1.46. The van der Waals surface area contributed by atoms with E-state index in [1.807, 2.05) is 29.1 Å². The second-order valence-electron chi connectivity index (χ2n) is 3.84. The number of benzene rings is 1. The number of nitrogens with zero attached hydrogens (tertiary/aromatic N) is 3. The smallest absolute Gasteiger partial charge is 0.0927 e. The number of hydrogen-bond donors (Lipinski definition) is 0. The van der Waals surface area contributed by atoms with Gasteiger partial charge in [0.05, 0.1) is 11.2 Å². The SMILES string of the molecule is Cc1ccc2nn(-c3ccncc3)cc2c1. The van der Waals surface area contributed by atoms with E-state index in [9.17, 15) is 0 Å². The molecule has 0 fully saturated rings. The Morgan fingerprint density at radius 2 is 1.88 bits per heavy atom. The van der Waals surface area contributed by atoms with Gasteiger partial charge in [-0.25, -0.2) is 4.68 Å². The number of aromatic nitrogens is 3. The summed E-state index contributed by atoms with van der Waals surface area (Å²) >= 11 is 0. The second kappa shape index (κ2) is 3.45. The molecule has 0 saturated heterocycles. The lowest BCUT2D eigenvalue weighted by molar-refractivity contribution is 0.893. The van der Waals surface area contributed by atoms with Crippen LogP contribution in [0.1, 0.15) is 5.56 Å². The van der Waals surface area contributed by atoms with Crippen LogP contribution in [0, 0.1) is 6.92 Å². The third-order valence-corrected chi connectivity index (χ3v) is 2.59. The molecule has 0 radical (unpaired) electrons. The molecule has 2 aromatic heterocycles. The first-order valence-corrected chi connectivity index (χ1v) is 5.19.